The van der Waals surface area contributed by atoms with Crippen LogP contribution in [0.15, 0.2) is 18.2 Å². The molecule has 0 saturated heterocycles. The van der Waals surface area contributed by atoms with Crippen molar-refractivity contribution >= 4 is 0 Å². The Morgan fingerprint density at radius 3 is 2.68 bits per heavy atom. The van der Waals surface area contributed by atoms with Crippen LogP contribution in [0.3, 0.4) is 0 Å². The number of rotatable bonds is 8. The molecule has 0 atom stereocenters. The molecule has 0 aromatic carbocycles. The summed E-state index contributed by atoms with van der Waals surface area (Å²) in [6.07, 6.45) is 3.97. The van der Waals surface area contributed by atoms with Gasteiger partial charge in [-0.25, -0.2) is 0 Å². The molecule has 19 heavy (non-hydrogen) atoms. The van der Waals surface area contributed by atoms with Crippen molar-refractivity contribution in [2.24, 2.45) is 0 Å². The SMILES string of the molecule is CCCN(Cc1cccc(CNC(C)C)n1)C1CC1. The van der Waals surface area contributed by atoms with Crippen molar-refractivity contribution in [3.63, 3.8) is 0 Å². The minimum Gasteiger partial charge on any atom is -0.309 e. The van der Waals surface area contributed by atoms with Crippen LogP contribution >= 0.6 is 0 Å². The molecule has 0 spiro atoms. The summed E-state index contributed by atoms with van der Waals surface area (Å²) in [4.78, 5) is 7.36. The van der Waals surface area contributed by atoms with E-state index >= 15 is 0 Å². The van der Waals surface area contributed by atoms with Crippen LogP contribution in [0.2, 0.25) is 0 Å². The molecule has 1 aromatic heterocycles. The second-order valence-corrected chi connectivity index (χ2v) is 5.86. The first-order valence-corrected chi connectivity index (χ1v) is 7.61. The van der Waals surface area contributed by atoms with Crippen molar-refractivity contribution in [1.82, 2.24) is 15.2 Å². The Labute approximate surface area is 117 Å². The summed E-state index contributed by atoms with van der Waals surface area (Å²) in [5.74, 6) is 0. The second-order valence-electron chi connectivity index (χ2n) is 5.86. The predicted molar refractivity (Wildman–Crippen MR) is 79.9 cm³/mol. The molecule has 106 valence electrons. The van der Waals surface area contributed by atoms with Crippen molar-refractivity contribution in [3.05, 3.63) is 29.6 Å². The molecule has 1 aliphatic carbocycles. The van der Waals surface area contributed by atoms with E-state index in [0.717, 1.165) is 24.8 Å². The van der Waals surface area contributed by atoms with E-state index in [0.29, 0.717) is 6.04 Å². The van der Waals surface area contributed by atoms with Crippen molar-refractivity contribution in [3.8, 4) is 0 Å². The average molecular weight is 261 g/mol. The van der Waals surface area contributed by atoms with E-state index < -0.39 is 0 Å². The number of hydrogen-bond acceptors (Lipinski definition) is 3. The third-order valence-electron chi connectivity index (χ3n) is 3.50. The highest BCUT2D eigenvalue weighted by molar-refractivity contribution is 5.11. The smallest absolute Gasteiger partial charge is 0.0547 e. The summed E-state index contributed by atoms with van der Waals surface area (Å²) in [7, 11) is 0. The largest absolute Gasteiger partial charge is 0.309 e. The molecule has 1 heterocycles. The molecule has 1 N–H and O–H groups in total. The molecule has 0 bridgehead atoms. The zero-order chi connectivity index (χ0) is 13.7. The molecule has 0 radical (unpaired) electrons. The van der Waals surface area contributed by atoms with Crippen LogP contribution in [-0.2, 0) is 13.1 Å². The Hall–Kier alpha value is -0.930. The number of pyridine rings is 1. The van der Waals surface area contributed by atoms with E-state index in [1.807, 2.05) is 0 Å². The van der Waals surface area contributed by atoms with Gasteiger partial charge in [-0.2, -0.15) is 0 Å². The van der Waals surface area contributed by atoms with Gasteiger partial charge in [0.25, 0.3) is 0 Å². The predicted octanol–water partition coefficient (Wildman–Crippen LogP) is 2.95. The van der Waals surface area contributed by atoms with Gasteiger partial charge in [0.15, 0.2) is 0 Å². The highest BCUT2D eigenvalue weighted by atomic mass is 15.2. The van der Waals surface area contributed by atoms with Gasteiger partial charge < -0.3 is 5.32 Å². The van der Waals surface area contributed by atoms with Crippen LogP contribution in [0.5, 0.6) is 0 Å². The van der Waals surface area contributed by atoms with Gasteiger partial charge in [-0.05, 0) is 37.9 Å². The van der Waals surface area contributed by atoms with Crippen LogP contribution in [0.25, 0.3) is 0 Å². The van der Waals surface area contributed by atoms with Crippen molar-refractivity contribution in [2.75, 3.05) is 6.54 Å². The summed E-state index contributed by atoms with van der Waals surface area (Å²) in [6.45, 7) is 9.66. The van der Waals surface area contributed by atoms with E-state index in [1.165, 1.54) is 31.5 Å². The molecule has 1 fully saturated rings. The lowest BCUT2D eigenvalue weighted by atomic mass is 10.2. The van der Waals surface area contributed by atoms with Crippen LogP contribution < -0.4 is 5.32 Å². The van der Waals surface area contributed by atoms with E-state index in [-0.39, 0.29) is 0 Å². The lowest BCUT2D eigenvalue weighted by Gasteiger charge is -2.21. The molecule has 1 aromatic rings. The van der Waals surface area contributed by atoms with Gasteiger partial charge in [-0.3, -0.25) is 9.88 Å². The second kappa shape index (κ2) is 7.01. The minimum atomic E-state index is 0.508. The maximum absolute atomic E-state index is 4.77. The molecule has 3 nitrogen and oxygen atoms in total. The zero-order valence-corrected chi connectivity index (χ0v) is 12.5. The number of aromatic nitrogens is 1. The van der Waals surface area contributed by atoms with Crippen molar-refractivity contribution < 1.29 is 0 Å². The number of hydrogen-bond donors (Lipinski definition) is 1. The van der Waals surface area contributed by atoms with Crippen molar-refractivity contribution in [2.45, 2.75) is 65.2 Å². The first-order valence-electron chi connectivity index (χ1n) is 7.61. The van der Waals surface area contributed by atoms with Crippen LogP contribution in [0.4, 0.5) is 0 Å². The van der Waals surface area contributed by atoms with Gasteiger partial charge in [0.2, 0.25) is 0 Å². The molecule has 1 saturated carbocycles. The first-order chi connectivity index (χ1) is 9.19. The summed E-state index contributed by atoms with van der Waals surface area (Å²) >= 11 is 0. The van der Waals surface area contributed by atoms with E-state index in [1.54, 1.807) is 0 Å². The quantitative estimate of drug-likeness (QED) is 0.780. The molecular formula is C16H27N3. The van der Waals surface area contributed by atoms with Gasteiger partial charge in [0.1, 0.15) is 0 Å². The Kier molecular flexibility index (Phi) is 5.34. The molecule has 3 heteroatoms. The fourth-order valence-electron chi connectivity index (χ4n) is 2.35. The maximum atomic E-state index is 4.77. The Balaban J connectivity index is 1.93. The Morgan fingerprint density at radius 1 is 1.32 bits per heavy atom. The first kappa shape index (κ1) is 14.5. The normalized spacial score (nSPS) is 15.4. The lowest BCUT2D eigenvalue weighted by Crippen LogP contribution is -2.27. The third-order valence-corrected chi connectivity index (χ3v) is 3.50. The van der Waals surface area contributed by atoms with Gasteiger partial charge >= 0.3 is 0 Å². The summed E-state index contributed by atoms with van der Waals surface area (Å²) < 4.78 is 0. The van der Waals surface area contributed by atoms with Crippen molar-refractivity contribution in [1.29, 1.82) is 0 Å². The van der Waals surface area contributed by atoms with Crippen LogP contribution in [-0.4, -0.2) is 28.5 Å². The van der Waals surface area contributed by atoms with Gasteiger partial charge in [0, 0.05) is 25.2 Å². The minimum absolute atomic E-state index is 0.508. The number of nitrogens with zero attached hydrogens (tertiary/aromatic N) is 2. The standard InChI is InChI=1S/C16H27N3/c1-4-10-19(16-8-9-16)12-15-7-5-6-14(18-15)11-17-13(2)3/h5-7,13,16-17H,4,8-12H2,1-3H3. The summed E-state index contributed by atoms with van der Waals surface area (Å²) in [5, 5.41) is 3.43. The molecule has 0 amide bonds. The highest BCUT2D eigenvalue weighted by Gasteiger charge is 2.28. The van der Waals surface area contributed by atoms with Gasteiger partial charge in [0.05, 0.1) is 11.4 Å². The fraction of sp³-hybridized carbons (Fsp3) is 0.688. The van der Waals surface area contributed by atoms with Gasteiger partial charge in [-0.1, -0.05) is 26.8 Å². The monoisotopic (exact) mass is 261 g/mol. The van der Waals surface area contributed by atoms with Crippen LogP contribution in [0, 0.1) is 0 Å². The Morgan fingerprint density at radius 2 is 2.05 bits per heavy atom. The molecule has 1 aliphatic rings. The Bertz CT molecular complexity index is 385. The van der Waals surface area contributed by atoms with E-state index in [9.17, 15) is 0 Å². The summed E-state index contributed by atoms with van der Waals surface area (Å²) in [5.41, 5.74) is 2.36. The van der Waals surface area contributed by atoms with Crippen LogP contribution in [0.1, 0.15) is 51.4 Å². The highest BCUT2D eigenvalue weighted by Crippen LogP contribution is 2.28. The van der Waals surface area contributed by atoms with E-state index in [4.69, 9.17) is 4.98 Å². The third kappa shape index (κ3) is 4.92. The fourth-order valence-corrected chi connectivity index (χ4v) is 2.35. The maximum Gasteiger partial charge on any atom is 0.0547 e. The lowest BCUT2D eigenvalue weighted by molar-refractivity contribution is 0.252. The van der Waals surface area contributed by atoms with E-state index in [2.05, 4.69) is 49.2 Å². The molecule has 2 rings (SSSR count). The topological polar surface area (TPSA) is 28.2 Å². The molecule has 0 aliphatic heterocycles. The summed E-state index contributed by atoms with van der Waals surface area (Å²) in [6, 6.07) is 7.73. The zero-order valence-electron chi connectivity index (χ0n) is 12.5. The molecule has 0 unspecified atom stereocenters. The molecular weight excluding hydrogens is 234 g/mol. The van der Waals surface area contributed by atoms with Gasteiger partial charge in [-0.15, -0.1) is 0 Å². The number of nitrogens with one attached hydrogen (secondary N) is 1. The average Bonchev–Trinajstić information content (AvgIpc) is 3.21.